The molecule has 1 heterocycles. The van der Waals surface area contributed by atoms with Crippen LogP contribution in [0.15, 0.2) is 0 Å². The molecule has 0 aromatic rings. The summed E-state index contributed by atoms with van der Waals surface area (Å²) in [7, 11) is 1.75. The van der Waals surface area contributed by atoms with Crippen molar-refractivity contribution in [3.05, 3.63) is 0 Å². The van der Waals surface area contributed by atoms with E-state index in [1.165, 1.54) is 19.3 Å². The van der Waals surface area contributed by atoms with Gasteiger partial charge >= 0.3 is 0 Å². The maximum atomic E-state index is 9.39. The van der Waals surface area contributed by atoms with E-state index in [-0.39, 0.29) is 0 Å². The number of methoxy groups -OCH3 is 1. The Morgan fingerprint density at radius 3 is 2.87 bits per heavy atom. The maximum Gasteiger partial charge on any atom is 0.0586 e. The van der Waals surface area contributed by atoms with Gasteiger partial charge < -0.3 is 9.84 Å². The Labute approximate surface area is 93.4 Å². The minimum atomic E-state index is 0.303. The van der Waals surface area contributed by atoms with Crippen LogP contribution in [-0.2, 0) is 4.74 Å². The van der Waals surface area contributed by atoms with Crippen molar-refractivity contribution < 1.29 is 9.84 Å². The number of aliphatic hydroxyl groups is 1. The van der Waals surface area contributed by atoms with Crippen molar-refractivity contribution in [2.24, 2.45) is 0 Å². The van der Waals surface area contributed by atoms with Crippen molar-refractivity contribution in [2.45, 2.75) is 51.1 Å². The number of nitrogens with zero attached hydrogens (tertiary/aromatic N) is 1. The molecule has 2 unspecified atom stereocenters. The molecule has 0 radical (unpaired) electrons. The predicted octanol–water partition coefficient (Wildman–Crippen LogP) is 1.65. The summed E-state index contributed by atoms with van der Waals surface area (Å²) in [4.78, 5) is 2.46. The van der Waals surface area contributed by atoms with Crippen molar-refractivity contribution in [3.63, 3.8) is 0 Å². The quantitative estimate of drug-likeness (QED) is 0.757. The first kappa shape index (κ1) is 12.9. The van der Waals surface area contributed by atoms with E-state index in [0.29, 0.717) is 18.7 Å². The third-order valence-electron chi connectivity index (χ3n) is 3.44. The van der Waals surface area contributed by atoms with Crippen LogP contribution in [-0.4, -0.2) is 49.0 Å². The van der Waals surface area contributed by atoms with Gasteiger partial charge in [-0.2, -0.15) is 0 Å². The maximum absolute atomic E-state index is 9.39. The van der Waals surface area contributed by atoms with Gasteiger partial charge in [0.2, 0.25) is 0 Å². The van der Waals surface area contributed by atoms with Gasteiger partial charge in [0.1, 0.15) is 0 Å². The van der Waals surface area contributed by atoms with E-state index in [0.717, 1.165) is 26.0 Å². The van der Waals surface area contributed by atoms with Gasteiger partial charge in [-0.3, -0.25) is 4.90 Å². The van der Waals surface area contributed by atoms with Gasteiger partial charge in [-0.25, -0.2) is 0 Å². The lowest BCUT2D eigenvalue weighted by atomic mass is 10.1. The molecule has 0 aromatic heterocycles. The largest absolute Gasteiger partial charge is 0.395 e. The molecule has 0 aliphatic carbocycles. The zero-order valence-corrected chi connectivity index (χ0v) is 10.1. The average molecular weight is 215 g/mol. The number of likely N-dealkylation sites (tertiary alicyclic amines) is 1. The lowest BCUT2D eigenvalue weighted by Gasteiger charge is -2.34. The van der Waals surface area contributed by atoms with Crippen LogP contribution in [0.1, 0.15) is 39.0 Å². The van der Waals surface area contributed by atoms with E-state index in [4.69, 9.17) is 4.74 Å². The molecule has 1 aliphatic heterocycles. The van der Waals surface area contributed by atoms with Gasteiger partial charge in [-0.05, 0) is 32.7 Å². The van der Waals surface area contributed by atoms with Crippen molar-refractivity contribution in [1.82, 2.24) is 4.90 Å². The molecule has 0 saturated carbocycles. The highest BCUT2D eigenvalue weighted by Crippen LogP contribution is 2.20. The smallest absolute Gasteiger partial charge is 0.0586 e. The highest BCUT2D eigenvalue weighted by atomic mass is 16.5. The highest BCUT2D eigenvalue weighted by molar-refractivity contribution is 4.79. The molecule has 15 heavy (non-hydrogen) atoms. The third-order valence-corrected chi connectivity index (χ3v) is 3.44. The van der Waals surface area contributed by atoms with E-state index in [1.807, 2.05) is 0 Å². The molecule has 3 nitrogen and oxygen atoms in total. The van der Waals surface area contributed by atoms with Crippen molar-refractivity contribution in [2.75, 3.05) is 26.9 Å². The molecular weight excluding hydrogens is 190 g/mol. The minimum absolute atomic E-state index is 0.303. The molecule has 1 fully saturated rings. The monoisotopic (exact) mass is 215 g/mol. The Kier molecular flexibility index (Phi) is 6.22. The van der Waals surface area contributed by atoms with Crippen LogP contribution in [0, 0.1) is 0 Å². The Morgan fingerprint density at radius 2 is 2.20 bits per heavy atom. The molecule has 1 saturated heterocycles. The Balaban J connectivity index is 2.45. The summed E-state index contributed by atoms with van der Waals surface area (Å²) in [6.07, 6.45) is 6.05. The molecule has 0 bridgehead atoms. The summed E-state index contributed by atoms with van der Waals surface area (Å²) >= 11 is 0. The van der Waals surface area contributed by atoms with E-state index in [2.05, 4.69) is 11.8 Å². The fraction of sp³-hybridized carbons (Fsp3) is 1.00. The van der Waals surface area contributed by atoms with Crippen LogP contribution in [0.3, 0.4) is 0 Å². The SMILES string of the molecule is COCCC(C)N1CCCCCC1CO. The topological polar surface area (TPSA) is 32.7 Å². The predicted molar refractivity (Wildman–Crippen MR) is 62.0 cm³/mol. The molecule has 0 amide bonds. The molecule has 1 rings (SSSR count). The van der Waals surface area contributed by atoms with Crippen molar-refractivity contribution in [1.29, 1.82) is 0 Å². The number of hydrogen-bond acceptors (Lipinski definition) is 3. The van der Waals surface area contributed by atoms with E-state index >= 15 is 0 Å². The Bertz CT molecular complexity index is 164. The minimum Gasteiger partial charge on any atom is -0.395 e. The van der Waals surface area contributed by atoms with Gasteiger partial charge in [0.25, 0.3) is 0 Å². The van der Waals surface area contributed by atoms with Gasteiger partial charge in [-0.1, -0.05) is 12.8 Å². The normalized spacial score (nSPS) is 26.2. The number of aliphatic hydroxyl groups excluding tert-OH is 1. The summed E-state index contributed by atoms with van der Waals surface area (Å²) in [5.74, 6) is 0. The summed E-state index contributed by atoms with van der Waals surface area (Å²) in [5.41, 5.74) is 0. The van der Waals surface area contributed by atoms with Crippen LogP contribution >= 0.6 is 0 Å². The lowest BCUT2D eigenvalue weighted by Crippen LogP contribution is -2.43. The van der Waals surface area contributed by atoms with E-state index < -0.39 is 0 Å². The summed E-state index contributed by atoms with van der Waals surface area (Å²) in [5, 5.41) is 9.39. The first-order valence-corrected chi connectivity index (χ1v) is 6.15. The summed E-state index contributed by atoms with van der Waals surface area (Å²) in [6, 6.07) is 0.902. The fourth-order valence-corrected chi connectivity index (χ4v) is 2.43. The Hall–Kier alpha value is -0.120. The molecule has 0 spiro atoms. The number of ether oxygens (including phenoxy) is 1. The second-order valence-corrected chi connectivity index (χ2v) is 4.55. The number of hydrogen-bond donors (Lipinski definition) is 1. The van der Waals surface area contributed by atoms with Crippen LogP contribution in [0.5, 0.6) is 0 Å². The van der Waals surface area contributed by atoms with E-state index in [1.54, 1.807) is 7.11 Å². The first-order valence-electron chi connectivity index (χ1n) is 6.15. The molecule has 3 heteroatoms. The molecular formula is C12H25NO2. The molecule has 90 valence electrons. The van der Waals surface area contributed by atoms with E-state index in [9.17, 15) is 5.11 Å². The Morgan fingerprint density at radius 1 is 1.40 bits per heavy atom. The van der Waals surface area contributed by atoms with Crippen LogP contribution in [0.25, 0.3) is 0 Å². The van der Waals surface area contributed by atoms with Gasteiger partial charge in [0.05, 0.1) is 6.61 Å². The summed E-state index contributed by atoms with van der Waals surface area (Å²) in [6.45, 7) is 4.50. The first-order chi connectivity index (χ1) is 7.29. The van der Waals surface area contributed by atoms with Gasteiger partial charge in [0, 0.05) is 25.8 Å². The molecule has 2 atom stereocenters. The zero-order valence-electron chi connectivity index (χ0n) is 10.1. The van der Waals surface area contributed by atoms with Crippen molar-refractivity contribution in [3.8, 4) is 0 Å². The number of rotatable bonds is 5. The molecule has 1 aliphatic rings. The van der Waals surface area contributed by atoms with Gasteiger partial charge in [0.15, 0.2) is 0 Å². The van der Waals surface area contributed by atoms with Crippen LogP contribution in [0.4, 0.5) is 0 Å². The second-order valence-electron chi connectivity index (χ2n) is 4.55. The molecule has 1 N–H and O–H groups in total. The fourth-order valence-electron chi connectivity index (χ4n) is 2.43. The van der Waals surface area contributed by atoms with Crippen LogP contribution in [0.2, 0.25) is 0 Å². The highest BCUT2D eigenvalue weighted by Gasteiger charge is 2.24. The third kappa shape index (κ3) is 4.09. The zero-order chi connectivity index (χ0) is 11.1. The van der Waals surface area contributed by atoms with Gasteiger partial charge in [-0.15, -0.1) is 0 Å². The second kappa shape index (κ2) is 7.20. The van der Waals surface area contributed by atoms with Crippen LogP contribution < -0.4 is 0 Å². The lowest BCUT2D eigenvalue weighted by molar-refractivity contribution is 0.0721. The van der Waals surface area contributed by atoms with Crippen molar-refractivity contribution >= 4 is 0 Å². The average Bonchev–Trinajstić information content (AvgIpc) is 2.50. The molecule has 0 aromatic carbocycles. The summed E-state index contributed by atoms with van der Waals surface area (Å²) < 4.78 is 5.11. The standard InChI is InChI=1S/C12H25NO2/c1-11(7-9-15-2)13-8-5-3-4-6-12(13)10-14/h11-12,14H,3-10H2,1-2H3.